The van der Waals surface area contributed by atoms with E-state index in [1.54, 1.807) is 30.6 Å². The molecule has 0 amide bonds. The van der Waals surface area contributed by atoms with Crippen molar-refractivity contribution in [1.82, 2.24) is 14.3 Å². The number of allylic oxidation sites excluding steroid dienone is 1. The van der Waals surface area contributed by atoms with Crippen LogP contribution < -0.4 is 4.72 Å². The summed E-state index contributed by atoms with van der Waals surface area (Å²) < 4.78 is 76.0. The van der Waals surface area contributed by atoms with E-state index in [1.807, 2.05) is 17.7 Å². The zero-order chi connectivity index (χ0) is 24.5. The predicted octanol–water partition coefficient (Wildman–Crippen LogP) is 4.87. The molecular formula is C24H22F3N3O3S. The summed E-state index contributed by atoms with van der Waals surface area (Å²) in [5.74, 6) is 0. The number of methoxy groups -OCH3 is 1. The average molecular weight is 490 g/mol. The number of sulfonamides is 1. The summed E-state index contributed by atoms with van der Waals surface area (Å²) in [5, 5.41) is 0. The number of nitrogens with one attached hydrogen (secondary N) is 1. The molecule has 6 nitrogen and oxygen atoms in total. The molecule has 1 aromatic heterocycles. The summed E-state index contributed by atoms with van der Waals surface area (Å²) in [5.41, 5.74) is 0.585. The van der Waals surface area contributed by atoms with E-state index in [4.69, 9.17) is 4.74 Å². The first kappa shape index (κ1) is 23.8. The van der Waals surface area contributed by atoms with Gasteiger partial charge in [0.15, 0.2) is 0 Å². The van der Waals surface area contributed by atoms with Crippen LogP contribution in [0, 0.1) is 6.92 Å². The maximum Gasteiger partial charge on any atom is 0.416 e. The largest absolute Gasteiger partial charge is 0.416 e. The van der Waals surface area contributed by atoms with Gasteiger partial charge in [-0.3, -0.25) is 4.72 Å². The van der Waals surface area contributed by atoms with Crippen molar-refractivity contribution in [3.8, 4) is 11.1 Å². The second-order valence-electron chi connectivity index (χ2n) is 7.81. The zero-order valence-corrected chi connectivity index (χ0v) is 19.1. The van der Waals surface area contributed by atoms with E-state index in [9.17, 15) is 21.6 Å². The number of alkyl halides is 3. The first-order valence-corrected chi connectivity index (χ1v) is 11.8. The van der Waals surface area contributed by atoms with Gasteiger partial charge in [-0.05, 0) is 42.8 Å². The molecule has 0 aliphatic heterocycles. The first-order valence-electron chi connectivity index (χ1n) is 10.3. The minimum absolute atomic E-state index is 0.134. The number of aryl methyl sites for hydroxylation is 1. The van der Waals surface area contributed by atoms with Gasteiger partial charge in [-0.2, -0.15) is 13.2 Å². The molecule has 1 aliphatic rings. The van der Waals surface area contributed by atoms with Gasteiger partial charge in [-0.1, -0.05) is 36.4 Å². The van der Waals surface area contributed by atoms with Crippen molar-refractivity contribution in [2.24, 2.45) is 0 Å². The van der Waals surface area contributed by atoms with Crippen molar-refractivity contribution in [1.29, 1.82) is 0 Å². The molecule has 2 unspecified atom stereocenters. The highest BCUT2D eigenvalue weighted by Gasteiger charge is 2.31. The van der Waals surface area contributed by atoms with Crippen LogP contribution in [-0.2, 0) is 20.9 Å². The van der Waals surface area contributed by atoms with Crippen molar-refractivity contribution in [3.05, 3.63) is 96.2 Å². The minimum atomic E-state index is -4.54. The average Bonchev–Trinajstić information content (AvgIpc) is 3.24. The topological polar surface area (TPSA) is 73.2 Å². The number of rotatable bonds is 6. The second-order valence-corrected chi connectivity index (χ2v) is 9.47. The van der Waals surface area contributed by atoms with Crippen LogP contribution in [0.25, 0.3) is 11.1 Å². The molecule has 1 aliphatic carbocycles. The van der Waals surface area contributed by atoms with Crippen LogP contribution in [0.3, 0.4) is 0 Å². The van der Waals surface area contributed by atoms with Crippen LogP contribution in [0.5, 0.6) is 0 Å². The number of nitrogens with zero attached hydrogens (tertiary/aromatic N) is 2. The molecule has 2 aromatic carbocycles. The molecule has 34 heavy (non-hydrogen) atoms. The Morgan fingerprint density at radius 2 is 1.88 bits per heavy atom. The Bertz CT molecular complexity index is 1360. The van der Waals surface area contributed by atoms with Gasteiger partial charge in [-0.15, -0.1) is 0 Å². The van der Waals surface area contributed by atoms with E-state index in [1.165, 1.54) is 37.4 Å². The number of halogens is 3. The summed E-state index contributed by atoms with van der Waals surface area (Å²) in [6.07, 6.45) is 3.59. The number of hydrogen-bond donors (Lipinski definition) is 1. The molecule has 0 fully saturated rings. The third kappa shape index (κ3) is 4.92. The SMILES string of the molecule is COC1C=C(NS(=O)(=O)c2ccccc2-c2cccc(C(F)(F)F)c2)C=CC1n1cnc(C)c1. The summed E-state index contributed by atoms with van der Waals surface area (Å²) in [6, 6.07) is 10.3. The van der Waals surface area contributed by atoms with Crippen molar-refractivity contribution in [2.75, 3.05) is 7.11 Å². The fourth-order valence-electron chi connectivity index (χ4n) is 3.80. The van der Waals surface area contributed by atoms with Gasteiger partial charge in [0, 0.05) is 24.6 Å². The molecule has 0 saturated heterocycles. The summed E-state index contributed by atoms with van der Waals surface area (Å²) in [7, 11) is -2.60. The fourth-order valence-corrected chi connectivity index (χ4v) is 5.09. The highest BCUT2D eigenvalue weighted by molar-refractivity contribution is 7.89. The lowest BCUT2D eigenvalue weighted by atomic mass is 10.0. The smallest absolute Gasteiger partial charge is 0.375 e. The van der Waals surface area contributed by atoms with Crippen LogP contribution in [0.4, 0.5) is 13.2 Å². The van der Waals surface area contributed by atoms with Crippen LogP contribution >= 0.6 is 0 Å². The van der Waals surface area contributed by atoms with Crippen molar-refractivity contribution in [3.63, 3.8) is 0 Å². The van der Waals surface area contributed by atoms with Crippen molar-refractivity contribution < 1.29 is 26.3 Å². The molecule has 0 radical (unpaired) electrons. The first-order chi connectivity index (χ1) is 16.1. The van der Waals surface area contributed by atoms with Crippen LogP contribution in [0.2, 0.25) is 0 Å². The quantitative estimate of drug-likeness (QED) is 0.537. The summed E-state index contributed by atoms with van der Waals surface area (Å²) in [4.78, 5) is 4.08. The minimum Gasteiger partial charge on any atom is -0.375 e. The van der Waals surface area contributed by atoms with E-state index >= 15 is 0 Å². The number of aromatic nitrogens is 2. The molecule has 178 valence electrons. The highest BCUT2D eigenvalue weighted by Crippen LogP contribution is 2.34. The lowest BCUT2D eigenvalue weighted by Gasteiger charge is -2.26. The fraction of sp³-hybridized carbons (Fsp3) is 0.208. The molecule has 2 atom stereocenters. The Balaban J connectivity index is 1.64. The lowest BCUT2D eigenvalue weighted by Crippen LogP contribution is -2.30. The normalized spacial score (nSPS) is 18.6. The Morgan fingerprint density at radius 1 is 1.12 bits per heavy atom. The van der Waals surface area contributed by atoms with Crippen LogP contribution in [-0.4, -0.2) is 31.2 Å². The zero-order valence-electron chi connectivity index (χ0n) is 18.3. The molecule has 1 N–H and O–H groups in total. The third-order valence-corrected chi connectivity index (χ3v) is 6.87. The molecule has 3 aromatic rings. The van der Waals surface area contributed by atoms with Gasteiger partial charge in [0.1, 0.15) is 6.10 Å². The Kier molecular flexibility index (Phi) is 6.37. The van der Waals surface area contributed by atoms with Gasteiger partial charge in [0.2, 0.25) is 0 Å². The number of ether oxygens (including phenoxy) is 1. The van der Waals surface area contributed by atoms with Crippen LogP contribution in [0.1, 0.15) is 17.3 Å². The monoisotopic (exact) mass is 489 g/mol. The standard InChI is InChI=1S/C24H22F3N3O3S/c1-16-14-30(15-28-16)21-11-10-19(13-22(21)33-2)29-34(31,32)23-9-4-3-8-20(23)17-6-5-7-18(12-17)24(25,26)27/h3-15,21-22,29H,1-2H3. The van der Waals surface area contributed by atoms with E-state index in [2.05, 4.69) is 9.71 Å². The Labute approximate surface area is 195 Å². The maximum absolute atomic E-state index is 13.3. The van der Waals surface area contributed by atoms with Crippen molar-refractivity contribution >= 4 is 10.0 Å². The summed E-state index contributed by atoms with van der Waals surface area (Å²) >= 11 is 0. The number of imidazole rings is 1. The van der Waals surface area contributed by atoms with Gasteiger partial charge in [0.05, 0.1) is 28.5 Å². The highest BCUT2D eigenvalue weighted by atomic mass is 32.2. The van der Waals surface area contributed by atoms with E-state index in [0.717, 1.165) is 17.8 Å². The van der Waals surface area contributed by atoms with E-state index < -0.39 is 27.9 Å². The molecule has 1 heterocycles. The van der Waals surface area contributed by atoms with E-state index in [0.29, 0.717) is 5.70 Å². The Hall–Kier alpha value is -3.37. The van der Waals surface area contributed by atoms with Gasteiger partial charge in [-0.25, -0.2) is 13.4 Å². The maximum atomic E-state index is 13.3. The molecule has 0 bridgehead atoms. The van der Waals surface area contributed by atoms with E-state index in [-0.39, 0.29) is 22.1 Å². The molecule has 0 spiro atoms. The Morgan fingerprint density at radius 3 is 2.56 bits per heavy atom. The van der Waals surface area contributed by atoms with Gasteiger partial charge < -0.3 is 9.30 Å². The second kappa shape index (κ2) is 9.11. The molecule has 0 saturated carbocycles. The van der Waals surface area contributed by atoms with Crippen LogP contribution in [0.15, 0.2) is 89.9 Å². The van der Waals surface area contributed by atoms with Gasteiger partial charge in [0.25, 0.3) is 10.0 Å². The molecular weight excluding hydrogens is 467 g/mol. The van der Waals surface area contributed by atoms with Crippen molar-refractivity contribution in [2.45, 2.75) is 30.1 Å². The lowest BCUT2D eigenvalue weighted by molar-refractivity contribution is -0.137. The predicted molar refractivity (Wildman–Crippen MR) is 121 cm³/mol. The molecule has 10 heteroatoms. The van der Waals surface area contributed by atoms with Gasteiger partial charge >= 0.3 is 6.18 Å². The summed E-state index contributed by atoms with van der Waals surface area (Å²) in [6.45, 7) is 1.86. The third-order valence-electron chi connectivity index (χ3n) is 5.43. The number of hydrogen-bond acceptors (Lipinski definition) is 4. The molecule has 4 rings (SSSR count). The number of benzene rings is 2.